The van der Waals surface area contributed by atoms with E-state index in [0.717, 1.165) is 23.2 Å². The summed E-state index contributed by atoms with van der Waals surface area (Å²) in [5.41, 5.74) is 9.37. The van der Waals surface area contributed by atoms with Gasteiger partial charge in [-0.2, -0.15) is 5.10 Å². The molecule has 2 aromatic rings. The fourth-order valence-electron chi connectivity index (χ4n) is 2.29. The maximum atomic E-state index is 6.00. The van der Waals surface area contributed by atoms with Gasteiger partial charge in [-0.05, 0) is 17.9 Å². The molecule has 18 heavy (non-hydrogen) atoms. The van der Waals surface area contributed by atoms with Gasteiger partial charge in [-0.3, -0.25) is 5.10 Å². The normalized spacial score (nSPS) is 12.6. The van der Waals surface area contributed by atoms with Crippen molar-refractivity contribution in [1.29, 1.82) is 0 Å². The molecule has 0 radical (unpaired) electrons. The molecule has 1 heterocycles. The summed E-state index contributed by atoms with van der Waals surface area (Å²) in [4.78, 5) is 0. The Morgan fingerprint density at radius 2 is 2.00 bits per heavy atom. The maximum Gasteiger partial charge on any atom is 0.153 e. The van der Waals surface area contributed by atoms with Crippen molar-refractivity contribution in [1.82, 2.24) is 10.2 Å². The molecule has 1 atom stereocenters. The van der Waals surface area contributed by atoms with Gasteiger partial charge in [0, 0.05) is 11.3 Å². The van der Waals surface area contributed by atoms with Gasteiger partial charge in [0.15, 0.2) is 5.82 Å². The Balaban J connectivity index is 2.33. The number of aromatic amines is 1. The molecule has 96 valence electrons. The van der Waals surface area contributed by atoms with Crippen LogP contribution in [0.1, 0.15) is 44.7 Å². The number of nitrogens with zero attached hydrogens (tertiary/aromatic N) is 1. The maximum absolute atomic E-state index is 6.00. The van der Waals surface area contributed by atoms with E-state index in [4.69, 9.17) is 5.73 Å². The minimum absolute atomic E-state index is 0.463. The first kappa shape index (κ1) is 12.7. The van der Waals surface area contributed by atoms with Crippen molar-refractivity contribution >= 4 is 5.82 Å². The second-order valence-electron chi connectivity index (χ2n) is 4.81. The smallest absolute Gasteiger partial charge is 0.153 e. The first-order valence-electron chi connectivity index (χ1n) is 6.63. The summed E-state index contributed by atoms with van der Waals surface area (Å²) in [6, 6.07) is 10.2. The van der Waals surface area contributed by atoms with Crippen LogP contribution in [0.2, 0.25) is 0 Å². The van der Waals surface area contributed by atoms with Crippen LogP contribution in [0.5, 0.6) is 0 Å². The number of nitrogens with one attached hydrogen (secondary N) is 1. The minimum atomic E-state index is 0.463. The number of benzene rings is 1. The fourth-order valence-corrected chi connectivity index (χ4v) is 2.29. The average Bonchev–Trinajstić information content (AvgIpc) is 2.79. The van der Waals surface area contributed by atoms with Crippen molar-refractivity contribution in [3.8, 4) is 11.1 Å². The molecule has 1 aromatic heterocycles. The van der Waals surface area contributed by atoms with Gasteiger partial charge in [0.2, 0.25) is 0 Å². The first-order valence-corrected chi connectivity index (χ1v) is 6.63. The summed E-state index contributed by atoms with van der Waals surface area (Å²) in [5, 5.41) is 7.28. The summed E-state index contributed by atoms with van der Waals surface area (Å²) in [6.07, 6.45) is 3.61. The van der Waals surface area contributed by atoms with E-state index in [1.165, 1.54) is 12.8 Å². The SMILES string of the molecule is CCCCC(C)c1[nH]nc(N)c1-c1ccccc1. The molecule has 0 aliphatic carbocycles. The van der Waals surface area contributed by atoms with Gasteiger partial charge in [0.1, 0.15) is 0 Å². The molecule has 1 aromatic carbocycles. The molecule has 3 heteroatoms. The summed E-state index contributed by atoms with van der Waals surface area (Å²) >= 11 is 0. The number of hydrogen-bond donors (Lipinski definition) is 2. The van der Waals surface area contributed by atoms with E-state index in [0.29, 0.717) is 11.7 Å². The molecular weight excluding hydrogens is 222 g/mol. The predicted octanol–water partition coefficient (Wildman–Crippen LogP) is 3.95. The lowest BCUT2D eigenvalue weighted by Crippen LogP contribution is -1.97. The van der Waals surface area contributed by atoms with Crippen LogP contribution in [-0.4, -0.2) is 10.2 Å². The number of aromatic nitrogens is 2. The van der Waals surface area contributed by atoms with Crippen LogP contribution in [0.25, 0.3) is 11.1 Å². The minimum Gasteiger partial charge on any atom is -0.382 e. The van der Waals surface area contributed by atoms with Gasteiger partial charge >= 0.3 is 0 Å². The van der Waals surface area contributed by atoms with Crippen LogP contribution in [0.4, 0.5) is 5.82 Å². The Morgan fingerprint density at radius 1 is 1.28 bits per heavy atom. The summed E-state index contributed by atoms with van der Waals surface area (Å²) in [7, 11) is 0. The third-order valence-electron chi connectivity index (χ3n) is 3.37. The zero-order valence-electron chi connectivity index (χ0n) is 11.1. The molecule has 0 amide bonds. The second-order valence-corrected chi connectivity index (χ2v) is 4.81. The molecule has 0 spiro atoms. The quantitative estimate of drug-likeness (QED) is 0.835. The fraction of sp³-hybridized carbons (Fsp3) is 0.400. The van der Waals surface area contributed by atoms with Crippen molar-refractivity contribution in [3.05, 3.63) is 36.0 Å². The molecule has 0 fully saturated rings. The lowest BCUT2D eigenvalue weighted by atomic mass is 9.94. The van der Waals surface area contributed by atoms with Crippen LogP contribution in [-0.2, 0) is 0 Å². The number of nitrogens with two attached hydrogens (primary N) is 1. The Kier molecular flexibility index (Phi) is 4.03. The Labute approximate surface area is 108 Å². The van der Waals surface area contributed by atoms with Crippen molar-refractivity contribution < 1.29 is 0 Å². The molecule has 1 unspecified atom stereocenters. The monoisotopic (exact) mass is 243 g/mol. The first-order chi connectivity index (χ1) is 8.74. The van der Waals surface area contributed by atoms with Gasteiger partial charge in [-0.1, -0.05) is 57.0 Å². The van der Waals surface area contributed by atoms with E-state index >= 15 is 0 Å². The van der Waals surface area contributed by atoms with Crippen molar-refractivity contribution in [2.45, 2.75) is 39.0 Å². The van der Waals surface area contributed by atoms with Crippen LogP contribution < -0.4 is 5.73 Å². The van der Waals surface area contributed by atoms with Gasteiger partial charge in [0.25, 0.3) is 0 Å². The topological polar surface area (TPSA) is 54.7 Å². The van der Waals surface area contributed by atoms with Crippen LogP contribution in [0.15, 0.2) is 30.3 Å². The van der Waals surface area contributed by atoms with Crippen molar-refractivity contribution in [2.24, 2.45) is 0 Å². The van der Waals surface area contributed by atoms with Crippen LogP contribution >= 0.6 is 0 Å². The van der Waals surface area contributed by atoms with Crippen LogP contribution in [0, 0.1) is 0 Å². The standard InChI is InChI=1S/C15H21N3/c1-3-4-8-11(2)14-13(15(16)18-17-14)12-9-6-5-7-10-12/h5-7,9-11H,3-4,8H2,1-2H3,(H3,16,17,18). The van der Waals surface area contributed by atoms with E-state index in [-0.39, 0.29) is 0 Å². The number of H-pyrrole nitrogens is 1. The Morgan fingerprint density at radius 3 is 2.67 bits per heavy atom. The highest BCUT2D eigenvalue weighted by Gasteiger charge is 2.17. The van der Waals surface area contributed by atoms with E-state index in [1.807, 2.05) is 18.2 Å². The lowest BCUT2D eigenvalue weighted by molar-refractivity contribution is 0.610. The van der Waals surface area contributed by atoms with Gasteiger partial charge < -0.3 is 5.73 Å². The van der Waals surface area contributed by atoms with Gasteiger partial charge in [-0.15, -0.1) is 0 Å². The summed E-state index contributed by atoms with van der Waals surface area (Å²) in [6.45, 7) is 4.45. The van der Waals surface area contributed by atoms with E-state index in [1.54, 1.807) is 0 Å². The molecule has 0 saturated carbocycles. The zero-order chi connectivity index (χ0) is 13.0. The number of rotatable bonds is 5. The number of nitrogen functional groups attached to an aromatic ring is 1. The zero-order valence-corrected chi connectivity index (χ0v) is 11.1. The molecule has 3 nitrogen and oxygen atoms in total. The van der Waals surface area contributed by atoms with Gasteiger partial charge in [-0.25, -0.2) is 0 Å². The summed E-state index contributed by atoms with van der Waals surface area (Å²) < 4.78 is 0. The molecule has 2 rings (SSSR count). The van der Waals surface area contributed by atoms with E-state index in [9.17, 15) is 0 Å². The summed E-state index contributed by atoms with van der Waals surface area (Å²) in [5.74, 6) is 1.06. The average molecular weight is 243 g/mol. The number of unbranched alkanes of at least 4 members (excludes halogenated alkanes) is 1. The Bertz CT molecular complexity index is 488. The molecule has 3 N–H and O–H groups in total. The molecule has 0 saturated heterocycles. The molecule has 0 aliphatic heterocycles. The van der Waals surface area contributed by atoms with Crippen molar-refractivity contribution in [2.75, 3.05) is 5.73 Å². The highest BCUT2D eigenvalue weighted by molar-refractivity contribution is 5.76. The van der Waals surface area contributed by atoms with E-state index < -0.39 is 0 Å². The largest absolute Gasteiger partial charge is 0.382 e. The molecule has 0 aliphatic rings. The third kappa shape index (κ3) is 2.55. The number of anilines is 1. The number of hydrogen-bond acceptors (Lipinski definition) is 2. The van der Waals surface area contributed by atoms with E-state index in [2.05, 4.69) is 36.2 Å². The lowest BCUT2D eigenvalue weighted by Gasteiger charge is -2.11. The molecular formula is C15H21N3. The molecule has 0 bridgehead atoms. The highest BCUT2D eigenvalue weighted by atomic mass is 15.2. The second kappa shape index (κ2) is 5.71. The Hall–Kier alpha value is -1.77. The highest BCUT2D eigenvalue weighted by Crippen LogP contribution is 2.33. The van der Waals surface area contributed by atoms with Crippen molar-refractivity contribution in [3.63, 3.8) is 0 Å². The van der Waals surface area contributed by atoms with Crippen LogP contribution in [0.3, 0.4) is 0 Å². The third-order valence-corrected chi connectivity index (χ3v) is 3.37. The van der Waals surface area contributed by atoms with Gasteiger partial charge in [0.05, 0.1) is 0 Å². The predicted molar refractivity (Wildman–Crippen MR) is 76.4 cm³/mol.